The van der Waals surface area contributed by atoms with Gasteiger partial charge in [-0.25, -0.2) is 0 Å². The molecule has 0 aromatic heterocycles. The number of rotatable bonds is 7. The maximum atomic E-state index is 9.16. The summed E-state index contributed by atoms with van der Waals surface area (Å²) in [6, 6.07) is 11.2. The van der Waals surface area contributed by atoms with E-state index in [-0.39, 0.29) is 0 Å². The summed E-state index contributed by atoms with van der Waals surface area (Å²) < 4.78 is 0. The van der Waals surface area contributed by atoms with E-state index in [4.69, 9.17) is 5.26 Å². The van der Waals surface area contributed by atoms with E-state index in [0.29, 0.717) is 6.04 Å². The van der Waals surface area contributed by atoms with Crippen molar-refractivity contribution in [3.63, 3.8) is 0 Å². The van der Waals surface area contributed by atoms with Crippen LogP contribution < -0.4 is 5.32 Å². The molecule has 1 N–H and O–H groups in total. The van der Waals surface area contributed by atoms with Gasteiger partial charge in [0.05, 0.1) is 11.5 Å². The Hall–Kier alpha value is -1.49. The first-order chi connectivity index (χ1) is 9.42. The van der Waals surface area contributed by atoms with Crippen molar-refractivity contribution in [3.05, 3.63) is 29.8 Å². The van der Waals surface area contributed by atoms with Crippen LogP contribution in [0.2, 0.25) is 0 Å². The first-order valence-corrected chi connectivity index (χ1v) is 7.71. The fourth-order valence-electron chi connectivity index (χ4n) is 2.26. The summed E-state index contributed by atoms with van der Waals surface area (Å²) in [4.78, 5) is 0. The van der Waals surface area contributed by atoms with Crippen molar-refractivity contribution in [2.75, 3.05) is 5.32 Å². The lowest BCUT2D eigenvalue weighted by atomic mass is 9.86. The average Bonchev–Trinajstić information content (AvgIpc) is 2.46. The van der Waals surface area contributed by atoms with Crippen molar-refractivity contribution in [1.29, 1.82) is 5.26 Å². The second kappa shape index (κ2) is 7.33. The van der Waals surface area contributed by atoms with Crippen molar-refractivity contribution in [3.8, 4) is 6.07 Å². The van der Waals surface area contributed by atoms with Gasteiger partial charge in [-0.15, -0.1) is 0 Å². The van der Waals surface area contributed by atoms with Gasteiger partial charge in [0.1, 0.15) is 0 Å². The highest BCUT2D eigenvalue weighted by Gasteiger charge is 2.19. The van der Waals surface area contributed by atoms with Crippen LogP contribution in [0.25, 0.3) is 0 Å². The van der Waals surface area contributed by atoms with Gasteiger partial charge in [-0.1, -0.05) is 39.3 Å². The van der Waals surface area contributed by atoms with E-state index in [1.165, 1.54) is 12.8 Å². The van der Waals surface area contributed by atoms with E-state index in [9.17, 15) is 0 Å². The first kappa shape index (κ1) is 16.6. The molecule has 20 heavy (non-hydrogen) atoms. The van der Waals surface area contributed by atoms with Crippen LogP contribution in [0.1, 0.15) is 59.4 Å². The van der Waals surface area contributed by atoms with Gasteiger partial charge in [-0.3, -0.25) is 0 Å². The quantitative estimate of drug-likeness (QED) is 0.748. The molecule has 0 radical (unpaired) electrons. The molecule has 0 aliphatic rings. The highest BCUT2D eigenvalue weighted by molar-refractivity contribution is 5.47. The van der Waals surface area contributed by atoms with Gasteiger partial charge in [-0.2, -0.15) is 5.26 Å². The predicted molar refractivity (Wildman–Crippen MR) is 86.9 cm³/mol. The SMILES string of the molecule is CCC(C)CC(CC)Nc1ccc(C(C)(C)C#N)cc1. The van der Waals surface area contributed by atoms with E-state index < -0.39 is 5.41 Å². The Balaban J connectivity index is 2.72. The molecule has 0 bridgehead atoms. The van der Waals surface area contributed by atoms with Gasteiger partial charge in [0.15, 0.2) is 0 Å². The highest BCUT2D eigenvalue weighted by atomic mass is 14.9. The Morgan fingerprint density at radius 1 is 1.15 bits per heavy atom. The minimum absolute atomic E-state index is 0.417. The van der Waals surface area contributed by atoms with Crippen LogP contribution in [-0.4, -0.2) is 6.04 Å². The summed E-state index contributed by atoms with van der Waals surface area (Å²) in [5.74, 6) is 0.754. The van der Waals surface area contributed by atoms with Gasteiger partial charge in [0.2, 0.25) is 0 Å². The van der Waals surface area contributed by atoms with Gasteiger partial charge < -0.3 is 5.32 Å². The lowest BCUT2D eigenvalue weighted by Gasteiger charge is -2.22. The molecule has 0 aliphatic heterocycles. The molecule has 0 spiro atoms. The van der Waals surface area contributed by atoms with E-state index in [0.717, 1.165) is 23.6 Å². The Bertz CT molecular complexity index is 439. The van der Waals surface area contributed by atoms with Crippen molar-refractivity contribution < 1.29 is 0 Å². The smallest absolute Gasteiger partial charge is 0.0766 e. The Morgan fingerprint density at radius 3 is 2.20 bits per heavy atom. The molecular formula is C18H28N2. The number of benzene rings is 1. The summed E-state index contributed by atoms with van der Waals surface area (Å²) >= 11 is 0. The van der Waals surface area contributed by atoms with Crippen LogP contribution in [-0.2, 0) is 5.41 Å². The molecule has 0 saturated heterocycles. The summed E-state index contributed by atoms with van der Waals surface area (Å²) in [5, 5.41) is 12.8. The highest BCUT2D eigenvalue weighted by Crippen LogP contribution is 2.24. The van der Waals surface area contributed by atoms with Crippen LogP contribution >= 0.6 is 0 Å². The number of hydrogen-bond donors (Lipinski definition) is 1. The fourth-order valence-corrected chi connectivity index (χ4v) is 2.26. The van der Waals surface area contributed by atoms with E-state index >= 15 is 0 Å². The molecule has 2 atom stereocenters. The van der Waals surface area contributed by atoms with Crippen LogP contribution in [0.15, 0.2) is 24.3 Å². The molecule has 0 heterocycles. The Kier molecular flexibility index (Phi) is 6.07. The molecule has 1 rings (SSSR count). The normalized spacial score (nSPS) is 14.4. The molecule has 2 nitrogen and oxygen atoms in total. The molecule has 2 heteroatoms. The van der Waals surface area contributed by atoms with Crippen LogP contribution in [0, 0.1) is 17.2 Å². The molecular weight excluding hydrogens is 244 g/mol. The van der Waals surface area contributed by atoms with E-state index in [1.54, 1.807) is 0 Å². The third-order valence-electron chi connectivity index (χ3n) is 4.13. The lowest BCUT2D eigenvalue weighted by Crippen LogP contribution is -2.21. The second-order valence-electron chi connectivity index (χ2n) is 6.31. The molecule has 2 unspecified atom stereocenters. The lowest BCUT2D eigenvalue weighted by molar-refractivity contribution is 0.462. The molecule has 1 aromatic carbocycles. The summed E-state index contributed by atoms with van der Waals surface area (Å²) in [7, 11) is 0. The molecule has 0 fully saturated rings. The zero-order valence-electron chi connectivity index (χ0n) is 13.5. The van der Waals surface area contributed by atoms with Crippen molar-refractivity contribution >= 4 is 5.69 Å². The Labute approximate surface area is 124 Å². The Morgan fingerprint density at radius 2 is 1.75 bits per heavy atom. The molecule has 110 valence electrons. The third-order valence-corrected chi connectivity index (χ3v) is 4.13. The van der Waals surface area contributed by atoms with Gasteiger partial charge >= 0.3 is 0 Å². The third kappa shape index (κ3) is 4.56. The number of anilines is 1. The molecule has 0 amide bonds. The fraction of sp³-hybridized carbons (Fsp3) is 0.611. The van der Waals surface area contributed by atoms with Crippen LogP contribution in [0.3, 0.4) is 0 Å². The van der Waals surface area contributed by atoms with Crippen molar-refractivity contribution in [2.45, 2.75) is 65.3 Å². The maximum Gasteiger partial charge on any atom is 0.0766 e. The minimum Gasteiger partial charge on any atom is -0.382 e. The second-order valence-corrected chi connectivity index (χ2v) is 6.31. The van der Waals surface area contributed by atoms with Crippen molar-refractivity contribution in [1.82, 2.24) is 0 Å². The number of nitrogens with one attached hydrogen (secondary N) is 1. The van der Waals surface area contributed by atoms with E-state index in [1.807, 2.05) is 13.8 Å². The molecule has 0 saturated carbocycles. The average molecular weight is 272 g/mol. The predicted octanol–water partition coefficient (Wildman–Crippen LogP) is 5.11. The minimum atomic E-state index is -0.417. The molecule has 1 aromatic rings. The van der Waals surface area contributed by atoms with Gasteiger partial charge in [-0.05, 0) is 50.3 Å². The summed E-state index contributed by atoms with van der Waals surface area (Å²) in [6.07, 6.45) is 3.57. The maximum absolute atomic E-state index is 9.16. The van der Waals surface area contributed by atoms with Gasteiger partial charge in [0.25, 0.3) is 0 Å². The summed E-state index contributed by atoms with van der Waals surface area (Å²) in [5.41, 5.74) is 1.80. The van der Waals surface area contributed by atoms with Crippen molar-refractivity contribution in [2.24, 2.45) is 5.92 Å². The number of nitrogens with zero attached hydrogens (tertiary/aromatic N) is 1. The first-order valence-electron chi connectivity index (χ1n) is 7.71. The zero-order valence-corrected chi connectivity index (χ0v) is 13.5. The monoisotopic (exact) mass is 272 g/mol. The topological polar surface area (TPSA) is 35.8 Å². The van der Waals surface area contributed by atoms with Crippen LogP contribution in [0.5, 0.6) is 0 Å². The van der Waals surface area contributed by atoms with Crippen LogP contribution in [0.4, 0.5) is 5.69 Å². The summed E-state index contributed by atoms with van der Waals surface area (Å²) in [6.45, 7) is 10.7. The van der Waals surface area contributed by atoms with E-state index in [2.05, 4.69) is 56.4 Å². The number of hydrogen-bond acceptors (Lipinski definition) is 2. The number of nitriles is 1. The largest absolute Gasteiger partial charge is 0.382 e. The zero-order chi connectivity index (χ0) is 15.2. The standard InChI is InChI=1S/C18H28N2/c1-6-14(3)12-16(7-2)20-17-10-8-15(9-11-17)18(4,5)13-19/h8-11,14,16,20H,6-7,12H2,1-5H3. The molecule has 0 aliphatic carbocycles. The van der Waals surface area contributed by atoms with Gasteiger partial charge in [0, 0.05) is 11.7 Å².